The summed E-state index contributed by atoms with van der Waals surface area (Å²) in [7, 11) is 0. The van der Waals surface area contributed by atoms with E-state index in [1.807, 2.05) is 0 Å². The minimum absolute atomic E-state index is 0.759. The topological polar surface area (TPSA) is 21.3 Å². The maximum Gasteiger partial charge on any atom is 0.0494 e. The van der Waals surface area contributed by atoms with Crippen LogP contribution < -0.4 is 5.32 Å². The van der Waals surface area contributed by atoms with Crippen LogP contribution in [0.25, 0.3) is 0 Å². The highest BCUT2D eigenvalue weighted by Gasteiger charge is 2.16. The lowest BCUT2D eigenvalue weighted by Gasteiger charge is -2.25. The molecule has 1 aliphatic rings. The summed E-state index contributed by atoms with van der Waals surface area (Å²) < 4.78 is 5.51. The first-order valence-electron chi connectivity index (χ1n) is 6.47. The highest BCUT2D eigenvalue weighted by atomic mass is 16.5. The molecule has 1 saturated heterocycles. The van der Waals surface area contributed by atoms with Crippen LogP contribution in [0, 0.1) is 17.8 Å². The highest BCUT2D eigenvalue weighted by Crippen LogP contribution is 2.21. The molecular formula is C13H27NO. The first-order chi connectivity index (χ1) is 7.18. The Kier molecular flexibility index (Phi) is 6.26. The SMILES string of the molecule is CC(C)CNCC(C)CC1CCCOC1. The van der Waals surface area contributed by atoms with E-state index in [1.165, 1.54) is 19.3 Å². The number of rotatable bonds is 6. The monoisotopic (exact) mass is 213 g/mol. The molecule has 2 unspecified atom stereocenters. The van der Waals surface area contributed by atoms with Crippen molar-refractivity contribution in [3.8, 4) is 0 Å². The van der Waals surface area contributed by atoms with Crippen molar-refractivity contribution < 1.29 is 4.74 Å². The Hall–Kier alpha value is -0.0800. The second-order valence-electron chi connectivity index (χ2n) is 5.48. The highest BCUT2D eigenvalue weighted by molar-refractivity contribution is 4.68. The van der Waals surface area contributed by atoms with Gasteiger partial charge in [0.2, 0.25) is 0 Å². The van der Waals surface area contributed by atoms with Gasteiger partial charge < -0.3 is 10.1 Å². The molecule has 0 spiro atoms. The van der Waals surface area contributed by atoms with E-state index >= 15 is 0 Å². The van der Waals surface area contributed by atoms with Gasteiger partial charge in [0.1, 0.15) is 0 Å². The van der Waals surface area contributed by atoms with Crippen molar-refractivity contribution in [3.05, 3.63) is 0 Å². The predicted octanol–water partition coefficient (Wildman–Crippen LogP) is 2.68. The lowest BCUT2D eigenvalue weighted by atomic mass is 9.91. The first-order valence-corrected chi connectivity index (χ1v) is 6.47. The van der Waals surface area contributed by atoms with Gasteiger partial charge in [-0.1, -0.05) is 20.8 Å². The molecule has 0 aromatic rings. The zero-order chi connectivity index (χ0) is 11.1. The third-order valence-electron chi connectivity index (χ3n) is 3.04. The van der Waals surface area contributed by atoms with Crippen LogP contribution in [0.1, 0.15) is 40.0 Å². The quantitative estimate of drug-likeness (QED) is 0.732. The normalized spacial score (nSPS) is 24.4. The fourth-order valence-corrected chi connectivity index (χ4v) is 2.26. The maximum atomic E-state index is 5.51. The molecule has 15 heavy (non-hydrogen) atoms. The molecule has 0 aromatic carbocycles. The molecule has 1 N–H and O–H groups in total. The summed E-state index contributed by atoms with van der Waals surface area (Å²) in [4.78, 5) is 0. The van der Waals surface area contributed by atoms with Crippen LogP contribution in [0.15, 0.2) is 0 Å². The summed E-state index contributed by atoms with van der Waals surface area (Å²) in [6.45, 7) is 11.1. The van der Waals surface area contributed by atoms with Gasteiger partial charge in [-0.25, -0.2) is 0 Å². The van der Waals surface area contributed by atoms with Crippen molar-refractivity contribution in [1.82, 2.24) is 5.32 Å². The Morgan fingerprint density at radius 3 is 2.67 bits per heavy atom. The van der Waals surface area contributed by atoms with Crippen LogP contribution >= 0.6 is 0 Å². The molecule has 1 heterocycles. The maximum absolute atomic E-state index is 5.51. The Morgan fingerprint density at radius 2 is 2.07 bits per heavy atom. The van der Waals surface area contributed by atoms with Gasteiger partial charge in [-0.15, -0.1) is 0 Å². The Bertz CT molecular complexity index is 153. The van der Waals surface area contributed by atoms with Crippen LogP contribution in [0.4, 0.5) is 0 Å². The molecule has 1 rings (SSSR count). The molecule has 2 heteroatoms. The van der Waals surface area contributed by atoms with Gasteiger partial charge in [0.05, 0.1) is 0 Å². The number of nitrogens with one attached hydrogen (secondary N) is 1. The zero-order valence-electron chi connectivity index (χ0n) is 10.6. The van der Waals surface area contributed by atoms with Crippen molar-refractivity contribution >= 4 is 0 Å². The van der Waals surface area contributed by atoms with Gasteiger partial charge in [-0.2, -0.15) is 0 Å². The summed E-state index contributed by atoms with van der Waals surface area (Å²) >= 11 is 0. The summed E-state index contributed by atoms with van der Waals surface area (Å²) in [5.74, 6) is 2.36. The van der Waals surface area contributed by atoms with Gasteiger partial charge in [0.25, 0.3) is 0 Å². The van der Waals surface area contributed by atoms with Crippen molar-refractivity contribution in [2.75, 3.05) is 26.3 Å². The summed E-state index contributed by atoms with van der Waals surface area (Å²) in [5.41, 5.74) is 0. The molecule has 2 nitrogen and oxygen atoms in total. The Balaban J connectivity index is 2.03. The molecule has 0 radical (unpaired) electrons. The average molecular weight is 213 g/mol. The van der Waals surface area contributed by atoms with E-state index in [4.69, 9.17) is 4.74 Å². The summed E-state index contributed by atoms with van der Waals surface area (Å²) in [6, 6.07) is 0. The lowest BCUT2D eigenvalue weighted by molar-refractivity contribution is 0.0460. The van der Waals surface area contributed by atoms with Crippen LogP contribution in [0.2, 0.25) is 0 Å². The van der Waals surface area contributed by atoms with E-state index in [-0.39, 0.29) is 0 Å². The zero-order valence-corrected chi connectivity index (χ0v) is 10.6. The standard InChI is InChI=1S/C13H27NO/c1-11(2)8-14-9-12(3)7-13-5-4-6-15-10-13/h11-14H,4-10H2,1-3H3. The van der Waals surface area contributed by atoms with Crippen LogP contribution in [0.3, 0.4) is 0 Å². The van der Waals surface area contributed by atoms with E-state index in [0.29, 0.717) is 0 Å². The number of hydrogen-bond donors (Lipinski definition) is 1. The summed E-state index contributed by atoms with van der Waals surface area (Å²) in [6.07, 6.45) is 3.95. The van der Waals surface area contributed by atoms with E-state index < -0.39 is 0 Å². The van der Waals surface area contributed by atoms with E-state index in [0.717, 1.165) is 44.1 Å². The van der Waals surface area contributed by atoms with E-state index in [1.54, 1.807) is 0 Å². The molecule has 0 aromatic heterocycles. The average Bonchev–Trinajstić information content (AvgIpc) is 2.18. The van der Waals surface area contributed by atoms with Crippen LogP contribution in [-0.4, -0.2) is 26.3 Å². The molecule has 0 bridgehead atoms. The second kappa shape index (κ2) is 7.24. The molecule has 2 atom stereocenters. The molecule has 1 aliphatic heterocycles. The fourth-order valence-electron chi connectivity index (χ4n) is 2.26. The van der Waals surface area contributed by atoms with Gasteiger partial charge in [-0.3, -0.25) is 0 Å². The smallest absolute Gasteiger partial charge is 0.0494 e. The minimum atomic E-state index is 0.759. The third-order valence-corrected chi connectivity index (χ3v) is 3.04. The number of ether oxygens (including phenoxy) is 1. The van der Waals surface area contributed by atoms with Gasteiger partial charge in [-0.05, 0) is 50.1 Å². The first kappa shape index (κ1) is 13.0. The second-order valence-corrected chi connectivity index (χ2v) is 5.48. The van der Waals surface area contributed by atoms with Gasteiger partial charge in [0, 0.05) is 13.2 Å². The summed E-state index contributed by atoms with van der Waals surface area (Å²) in [5, 5.41) is 3.53. The van der Waals surface area contributed by atoms with Crippen molar-refractivity contribution in [2.45, 2.75) is 40.0 Å². The lowest BCUT2D eigenvalue weighted by Crippen LogP contribution is -2.28. The molecule has 1 fully saturated rings. The predicted molar refractivity (Wildman–Crippen MR) is 65.0 cm³/mol. The Labute approximate surface area is 94.8 Å². The Morgan fingerprint density at radius 1 is 1.27 bits per heavy atom. The van der Waals surface area contributed by atoms with Crippen molar-refractivity contribution in [2.24, 2.45) is 17.8 Å². The van der Waals surface area contributed by atoms with Crippen LogP contribution in [0.5, 0.6) is 0 Å². The largest absolute Gasteiger partial charge is 0.381 e. The fraction of sp³-hybridized carbons (Fsp3) is 1.00. The van der Waals surface area contributed by atoms with Crippen molar-refractivity contribution in [3.63, 3.8) is 0 Å². The molecule has 0 amide bonds. The number of hydrogen-bond acceptors (Lipinski definition) is 2. The van der Waals surface area contributed by atoms with Crippen molar-refractivity contribution in [1.29, 1.82) is 0 Å². The van der Waals surface area contributed by atoms with E-state index in [9.17, 15) is 0 Å². The molecule has 0 aliphatic carbocycles. The molecule has 90 valence electrons. The molecular weight excluding hydrogens is 186 g/mol. The molecule has 0 saturated carbocycles. The van der Waals surface area contributed by atoms with Gasteiger partial charge in [0.15, 0.2) is 0 Å². The minimum Gasteiger partial charge on any atom is -0.381 e. The van der Waals surface area contributed by atoms with E-state index in [2.05, 4.69) is 26.1 Å². The van der Waals surface area contributed by atoms with Gasteiger partial charge >= 0.3 is 0 Å². The third kappa shape index (κ3) is 6.16. The van der Waals surface area contributed by atoms with Crippen LogP contribution in [-0.2, 0) is 4.74 Å².